The minimum Gasteiger partial charge on any atom is -0.465 e. The summed E-state index contributed by atoms with van der Waals surface area (Å²) in [5.41, 5.74) is 1.30. The lowest BCUT2D eigenvalue weighted by atomic mass is 10.1. The lowest BCUT2D eigenvalue weighted by Crippen LogP contribution is -2.39. The zero-order chi connectivity index (χ0) is 17.0. The van der Waals surface area contributed by atoms with Crippen molar-refractivity contribution in [2.75, 3.05) is 12.4 Å². The number of hydrogen-bond acceptors (Lipinski definition) is 4. The lowest BCUT2D eigenvalue weighted by Gasteiger charge is -2.22. The van der Waals surface area contributed by atoms with Crippen LogP contribution < -0.4 is 5.32 Å². The highest BCUT2D eigenvalue weighted by molar-refractivity contribution is 5.96. The van der Waals surface area contributed by atoms with Crippen molar-refractivity contribution >= 4 is 17.4 Å². The fraction of sp³-hybridized carbons (Fsp3) is 0.333. The highest BCUT2D eigenvalue weighted by Gasteiger charge is 2.19. The number of carbonyl (C=O) groups excluding carboxylic acids is 2. The van der Waals surface area contributed by atoms with E-state index in [0.29, 0.717) is 17.8 Å². The first-order valence-electron chi connectivity index (χ1n) is 7.54. The monoisotopic (exact) mass is 314 g/mol. The van der Waals surface area contributed by atoms with Gasteiger partial charge in [0, 0.05) is 11.3 Å². The predicted molar refractivity (Wildman–Crippen MR) is 89.5 cm³/mol. The van der Waals surface area contributed by atoms with Gasteiger partial charge in [-0.25, -0.2) is 0 Å². The quantitative estimate of drug-likeness (QED) is 0.831. The molecule has 0 saturated heterocycles. The van der Waals surface area contributed by atoms with E-state index in [-0.39, 0.29) is 17.7 Å². The summed E-state index contributed by atoms with van der Waals surface area (Å²) < 4.78 is 5.53. The number of Topliss-reactive ketones (excluding diaryl/α,β-unsaturated/α-hetero) is 1. The Bertz CT molecular complexity index is 689. The number of anilines is 1. The van der Waals surface area contributed by atoms with E-state index in [1.54, 1.807) is 24.3 Å². The molecule has 1 atom stereocenters. The van der Waals surface area contributed by atoms with E-state index in [4.69, 9.17) is 4.42 Å². The van der Waals surface area contributed by atoms with Crippen LogP contribution in [0.15, 0.2) is 40.8 Å². The normalized spacial score (nSPS) is 12.2. The van der Waals surface area contributed by atoms with Gasteiger partial charge in [-0.05, 0) is 64.2 Å². The van der Waals surface area contributed by atoms with Gasteiger partial charge < -0.3 is 9.73 Å². The molecule has 1 heterocycles. The molecule has 1 amide bonds. The highest BCUT2D eigenvalue weighted by atomic mass is 16.3. The summed E-state index contributed by atoms with van der Waals surface area (Å²) in [4.78, 5) is 25.5. The van der Waals surface area contributed by atoms with Gasteiger partial charge in [-0.2, -0.15) is 0 Å². The predicted octanol–water partition coefficient (Wildman–Crippen LogP) is 3.25. The Labute approximate surface area is 136 Å². The number of furan rings is 1. The fourth-order valence-electron chi connectivity index (χ4n) is 2.19. The highest BCUT2D eigenvalue weighted by Crippen LogP contribution is 2.13. The number of amides is 1. The number of ketones is 1. The molecule has 0 aliphatic carbocycles. The van der Waals surface area contributed by atoms with Gasteiger partial charge in [-0.3, -0.25) is 14.5 Å². The fourth-order valence-corrected chi connectivity index (χ4v) is 2.19. The van der Waals surface area contributed by atoms with Crippen LogP contribution in [-0.4, -0.2) is 29.7 Å². The molecule has 5 heteroatoms. The average Bonchev–Trinajstić information content (AvgIpc) is 2.92. The van der Waals surface area contributed by atoms with Crippen LogP contribution in [0.25, 0.3) is 0 Å². The van der Waals surface area contributed by atoms with Gasteiger partial charge in [0.05, 0.1) is 12.6 Å². The largest absolute Gasteiger partial charge is 0.465 e. The second kappa shape index (κ2) is 7.24. The Kier molecular flexibility index (Phi) is 5.34. The molecule has 5 nitrogen and oxygen atoms in total. The van der Waals surface area contributed by atoms with Gasteiger partial charge in [0.25, 0.3) is 0 Å². The Balaban J connectivity index is 1.94. The number of aryl methyl sites for hydroxylation is 1. The summed E-state index contributed by atoms with van der Waals surface area (Å²) in [6, 6.07) is 10.4. The second-order valence-corrected chi connectivity index (χ2v) is 5.73. The standard InChI is InChI=1S/C18H22N2O3/c1-12-5-10-17(23-12)11-20(4)13(2)18(22)19-16-8-6-15(7-9-16)14(3)21/h5-10,13H,11H2,1-4H3,(H,19,22)/t13-/m1/s1. The third-order valence-corrected chi connectivity index (χ3v) is 3.80. The summed E-state index contributed by atoms with van der Waals surface area (Å²) in [5, 5.41) is 2.86. The minimum atomic E-state index is -0.312. The lowest BCUT2D eigenvalue weighted by molar-refractivity contribution is -0.120. The second-order valence-electron chi connectivity index (χ2n) is 5.73. The molecule has 0 unspecified atom stereocenters. The first-order valence-corrected chi connectivity index (χ1v) is 7.54. The minimum absolute atomic E-state index is 0.00437. The van der Waals surface area contributed by atoms with E-state index in [0.717, 1.165) is 11.5 Å². The molecule has 122 valence electrons. The molecule has 0 bridgehead atoms. The summed E-state index contributed by atoms with van der Waals surface area (Å²) in [7, 11) is 1.88. The molecule has 1 aromatic carbocycles. The smallest absolute Gasteiger partial charge is 0.241 e. The van der Waals surface area contributed by atoms with Gasteiger partial charge in [0.2, 0.25) is 5.91 Å². The number of nitrogens with one attached hydrogen (secondary N) is 1. The maximum atomic E-state index is 12.3. The zero-order valence-electron chi connectivity index (χ0n) is 13.9. The van der Waals surface area contributed by atoms with Crippen LogP contribution in [0.3, 0.4) is 0 Å². The number of likely N-dealkylation sites (N-methyl/N-ethyl adjacent to an activating group) is 1. The molecular weight excluding hydrogens is 292 g/mol. The van der Waals surface area contributed by atoms with Crippen LogP contribution in [0, 0.1) is 6.92 Å². The van der Waals surface area contributed by atoms with Gasteiger partial charge in [-0.15, -0.1) is 0 Å². The topological polar surface area (TPSA) is 62.6 Å². The van der Waals surface area contributed by atoms with E-state index in [2.05, 4.69) is 5.32 Å². The van der Waals surface area contributed by atoms with Crippen molar-refractivity contribution in [1.82, 2.24) is 4.90 Å². The van der Waals surface area contributed by atoms with Crippen LogP contribution in [-0.2, 0) is 11.3 Å². The third-order valence-electron chi connectivity index (χ3n) is 3.80. The maximum absolute atomic E-state index is 12.3. The summed E-state index contributed by atoms with van der Waals surface area (Å²) in [6.07, 6.45) is 0. The Morgan fingerprint density at radius 2 is 1.83 bits per heavy atom. The molecular formula is C18H22N2O3. The zero-order valence-corrected chi connectivity index (χ0v) is 13.9. The SMILES string of the molecule is CC(=O)c1ccc(NC(=O)[C@@H](C)N(C)Cc2ccc(C)o2)cc1. The van der Waals surface area contributed by atoms with Crippen molar-refractivity contribution < 1.29 is 14.0 Å². The van der Waals surface area contributed by atoms with Gasteiger partial charge in [0.15, 0.2) is 5.78 Å². The van der Waals surface area contributed by atoms with Crippen LogP contribution in [0.2, 0.25) is 0 Å². The van der Waals surface area contributed by atoms with E-state index in [9.17, 15) is 9.59 Å². The number of hydrogen-bond donors (Lipinski definition) is 1. The van der Waals surface area contributed by atoms with Gasteiger partial charge in [-0.1, -0.05) is 0 Å². The molecule has 1 N–H and O–H groups in total. The Morgan fingerprint density at radius 3 is 2.35 bits per heavy atom. The number of rotatable bonds is 6. The van der Waals surface area contributed by atoms with Crippen molar-refractivity contribution in [3.05, 3.63) is 53.5 Å². The van der Waals surface area contributed by atoms with E-state index in [1.807, 2.05) is 37.9 Å². The van der Waals surface area contributed by atoms with Crippen molar-refractivity contribution in [2.24, 2.45) is 0 Å². The molecule has 0 saturated carbocycles. The van der Waals surface area contributed by atoms with E-state index < -0.39 is 0 Å². The molecule has 0 radical (unpaired) electrons. The molecule has 2 rings (SSSR count). The van der Waals surface area contributed by atoms with Gasteiger partial charge >= 0.3 is 0 Å². The van der Waals surface area contributed by atoms with Crippen molar-refractivity contribution in [2.45, 2.75) is 33.4 Å². The number of benzene rings is 1. The third kappa shape index (κ3) is 4.53. The van der Waals surface area contributed by atoms with Crippen molar-refractivity contribution in [3.63, 3.8) is 0 Å². The molecule has 2 aromatic rings. The first-order chi connectivity index (χ1) is 10.9. The molecule has 0 spiro atoms. The van der Waals surface area contributed by atoms with Crippen LogP contribution in [0.4, 0.5) is 5.69 Å². The summed E-state index contributed by atoms with van der Waals surface area (Å²) >= 11 is 0. The van der Waals surface area contributed by atoms with E-state index in [1.165, 1.54) is 6.92 Å². The maximum Gasteiger partial charge on any atom is 0.241 e. The Hall–Kier alpha value is -2.40. The van der Waals surface area contributed by atoms with Crippen molar-refractivity contribution in [3.8, 4) is 0 Å². The van der Waals surface area contributed by atoms with Crippen LogP contribution in [0.5, 0.6) is 0 Å². The average molecular weight is 314 g/mol. The molecule has 0 aliphatic rings. The first kappa shape index (κ1) is 17.0. The number of nitrogens with zero attached hydrogens (tertiary/aromatic N) is 1. The molecule has 1 aromatic heterocycles. The van der Waals surface area contributed by atoms with Crippen LogP contribution in [0.1, 0.15) is 35.7 Å². The summed E-state index contributed by atoms with van der Waals surface area (Å²) in [5.74, 6) is 1.59. The van der Waals surface area contributed by atoms with Gasteiger partial charge in [0.1, 0.15) is 11.5 Å². The molecule has 0 fully saturated rings. The summed E-state index contributed by atoms with van der Waals surface area (Å²) in [6.45, 7) is 5.81. The van der Waals surface area contributed by atoms with E-state index >= 15 is 0 Å². The number of carbonyl (C=O) groups is 2. The molecule has 0 aliphatic heterocycles. The van der Waals surface area contributed by atoms with Crippen LogP contribution >= 0.6 is 0 Å². The Morgan fingerprint density at radius 1 is 1.17 bits per heavy atom. The molecule has 23 heavy (non-hydrogen) atoms. The van der Waals surface area contributed by atoms with Crippen molar-refractivity contribution in [1.29, 1.82) is 0 Å².